The van der Waals surface area contributed by atoms with E-state index in [0.29, 0.717) is 11.3 Å². The Morgan fingerprint density at radius 1 is 1.07 bits per heavy atom. The lowest BCUT2D eigenvalue weighted by molar-refractivity contribution is -0.131. The van der Waals surface area contributed by atoms with Gasteiger partial charge in [-0.3, -0.25) is 9.78 Å². The van der Waals surface area contributed by atoms with E-state index in [2.05, 4.69) is 62.8 Å². The third kappa shape index (κ3) is 5.98. The molecule has 0 spiro atoms. The largest absolute Gasteiger partial charge is 0.426 e. The van der Waals surface area contributed by atoms with E-state index in [-0.39, 0.29) is 22.6 Å². The second-order valence-corrected chi connectivity index (χ2v) is 9.00. The molecule has 6 heteroatoms. The number of nitrogens with two attached hydrogens (primary N) is 1. The van der Waals surface area contributed by atoms with Crippen LogP contribution in [0, 0.1) is 0 Å². The Labute approximate surface area is 172 Å². The molecule has 154 valence electrons. The summed E-state index contributed by atoms with van der Waals surface area (Å²) in [6.07, 6.45) is 4.86. The van der Waals surface area contributed by atoms with Crippen molar-refractivity contribution >= 4 is 18.0 Å². The Balaban J connectivity index is 2.59. The molecule has 29 heavy (non-hydrogen) atoms. The van der Waals surface area contributed by atoms with Crippen molar-refractivity contribution in [3.8, 4) is 5.75 Å². The zero-order valence-electron chi connectivity index (χ0n) is 18.3. The van der Waals surface area contributed by atoms with Crippen LogP contribution < -0.4 is 10.5 Å². The van der Waals surface area contributed by atoms with Gasteiger partial charge in [0.1, 0.15) is 5.75 Å². The van der Waals surface area contributed by atoms with E-state index >= 15 is 0 Å². The lowest BCUT2D eigenvalue weighted by Crippen LogP contribution is -2.20. The van der Waals surface area contributed by atoms with Crippen molar-refractivity contribution in [2.24, 2.45) is 15.9 Å². The van der Waals surface area contributed by atoms with Gasteiger partial charge in [0.25, 0.3) is 0 Å². The lowest BCUT2D eigenvalue weighted by Gasteiger charge is -2.28. The van der Waals surface area contributed by atoms with Crippen LogP contribution in [0.5, 0.6) is 5.75 Å². The van der Waals surface area contributed by atoms with E-state index in [1.54, 1.807) is 30.7 Å². The molecule has 0 aliphatic carbocycles. The summed E-state index contributed by atoms with van der Waals surface area (Å²) in [6.45, 7) is 14.1. The summed E-state index contributed by atoms with van der Waals surface area (Å²) in [7, 11) is 0. The molecule has 2 N–H and O–H groups in total. The molecule has 0 unspecified atom stereocenters. The molecule has 6 nitrogen and oxygen atoms in total. The fraction of sp³-hybridized carbons (Fsp3) is 0.391. The highest BCUT2D eigenvalue weighted by molar-refractivity contribution is 5.97. The number of hydrogen-bond donors (Lipinski definition) is 1. The molecule has 0 radical (unpaired) electrons. The van der Waals surface area contributed by atoms with Gasteiger partial charge in [-0.2, -0.15) is 5.10 Å². The average molecular weight is 395 g/mol. The maximum atomic E-state index is 11.8. The van der Waals surface area contributed by atoms with Crippen LogP contribution in [0.3, 0.4) is 0 Å². The highest BCUT2D eigenvalue weighted by Gasteiger charge is 2.26. The van der Waals surface area contributed by atoms with E-state index in [9.17, 15) is 4.79 Å². The van der Waals surface area contributed by atoms with Crippen molar-refractivity contribution in [1.82, 2.24) is 4.98 Å². The van der Waals surface area contributed by atoms with Crippen molar-refractivity contribution in [3.63, 3.8) is 0 Å². The number of pyridine rings is 1. The fourth-order valence-corrected chi connectivity index (χ4v) is 2.73. The molecular weight excluding hydrogens is 364 g/mol. The molecule has 2 rings (SSSR count). The van der Waals surface area contributed by atoms with Crippen LogP contribution in [-0.2, 0) is 15.6 Å². The van der Waals surface area contributed by atoms with Gasteiger partial charge in [0.15, 0.2) is 5.84 Å². The minimum Gasteiger partial charge on any atom is -0.426 e. The van der Waals surface area contributed by atoms with Crippen LogP contribution in [0.1, 0.15) is 70.7 Å². The maximum absolute atomic E-state index is 11.8. The second-order valence-electron chi connectivity index (χ2n) is 9.00. The highest BCUT2D eigenvalue weighted by atomic mass is 16.5. The number of nitrogens with zero attached hydrogens (tertiary/aromatic N) is 3. The first kappa shape index (κ1) is 22.3. The van der Waals surface area contributed by atoms with Gasteiger partial charge in [-0.1, -0.05) is 47.6 Å². The van der Waals surface area contributed by atoms with Crippen LogP contribution >= 0.6 is 0 Å². The van der Waals surface area contributed by atoms with Crippen LogP contribution in [0.15, 0.2) is 46.9 Å². The number of aromatic nitrogens is 1. The Bertz CT molecular complexity index is 934. The normalized spacial score (nSPS) is 13.0. The van der Waals surface area contributed by atoms with Gasteiger partial charge in [0, 0.05) is 36.0 Å². The van der Waals surface area contributed by atoms with Crippen LogP contribution in [0.4, 0.5) is 0 Å². The lowest BCUT2D eigenvalue weighted by atomic mass is 9.79. The van der Waals surface area contributed by atoms with Crippen molar-refractivity contribution in [1.29, 1.82) is 0 Å². The molecule has 1 aromatic heterocycles. The predicted octanol–water partition coefficient (Wildman–Crippen LogP) is 4.34. The smallest absolute Gasteiger partial charge is 0.308 e. The molecule has 2 aromatic rings. The Morgan fingerprint density at radius 3 is 2.21 bits per heavy atom. The Kier molecular flexibility index (Phi) is 6.57. The Morgan fingerprint density at radius 2 is 1.69 bits per heavy atom. The molecule has 0 bridgehead atoms. The minimum absolute atomic E-state index is 0.0866. The standard InChI is InChI=1S/C23H30N4O2/c1-15(28)29-20-17(14-26-27-21(24)16-8-10-25-11-9-16)12-18(22(2,3)4)13-19(20)23(5,6)7/h8-14H,1-7H3,(H2,24,27)/b26-14+. The summed E-state index contributed by atoms with van der Waals surface area (Å²) in [4.78, 5) is 15.7. The zero-order valence-corrected chi connectivity index (χ0v) is 18.3. The number of carbonyl (C=O) groups excluding carboxylic acids is 1. The monoisotopic (exact) mass is 394 g/mol. The number of carbonyl (C=O) groups is 1. The quantitative estimate of drug-likeness (QED) is 0.275. The number of benzene rings is 1. The first-order valence-electron chi connectivity index (χ1n) is 9.54. The average Bonchev–Trinajstić information content (AvgIpc) is 2.61. The first-order chi connectivity index (χ1) is 13.4. The molecule has 0 aliphatic rings. The van der Waals surface area contributed by atoms with E-state index in [1.165, 1.54) is 6.92 Å². The summed E-state index contributed by atoms with van der Waals surface area (Å²) >= 11 is 0. The van der Waals surface area contributed by atoms with E-state index in [0.717, 1.165) is 16.7 Å². The van der Waals surface area contributed by atoms with Gasteiger partial charge >= 0.3 is 5.97 Å². The third-order valence-corrected chi connectivity index (χ3v) is 4.38. The molecule has 0 fully saturated rings. The minimum atomic E-state index is -0.381. The van der Waals surface area contributed by atoms with E-state index in [1.807, 2.05) is 6.07 Å². The maximum Gasteiger partial charge on any atom is 0.308 e. The number of esters is 1. The molecular formula is C23H30N4O2. The molecule has 0 saturated carbocycles. The molecule has 1 heterocycles. The number of amidine groups is 1. The van der Waals surface area contributed by atoms with Gasteiger partial charge in [-0.15, -0.1) is 5.10 Å². The van der Waals surface area contributed by atoms with Gasteiger partial charge in [-0.05, 0) is 34.6 Å². The Hall–Kier alpha value is -3.02. The number of ether oxygens (including phenoxy) is 1. The van der Waals surface area contributed by atoms with Crippen LogP contribution in [0.25, 0.3) is 0 Å². The van der Waals surface area contributed by atoms with Crippen molar-refractivity contribution in [3.05, 3.63) is 58.9 Å². The van der Waals surface area contributed by atoms with Gasteiger partial charge in [-0.25, -0.2) is 0 Å². The number of hydrogen-bond acceptors (Lipinski definition) is 5. The summed E-state index contributed by atoms with van der Waals surface area (Å²) in [5.74, 6) is 0.397. The summed E-state index contributed by atoms with van der Waals surface area (Å²) in [5.41, 5.74) is 9.16. The van der Waals surface area contributed by atoms with Gasteiger partial charge < -0.3 is 10.5 Å². The van der Waals surface area contributed by atoms with Crippen molar-refractivity contribution in [2.75, 3.05) is 0 Å². The van der Waals surface area contributed by atoms with E-state index < -0.39 is 0 Å². The van der Waals surface area contributed by atoms with Gasteiger partial charge in [0.2, 0.25) is 0 Å². The number of rotatable bonds is 4. The zero-order chi connectivity index (χ0) is 21.8. The van der Waals surface area contributed by atoms with Crippen molar-refractivity contribution in [2.45, 2.75) is 59.3 Å². The second kappa shape index (κ2) is 8.55. The van der Waals surface area contributed by atoms with E-state index in [4.69, 9.17) is 10.5 Å². The fourth-order valence-electron chi connectivity index (χ4n) is 2.73. The summed E-state index contributed by atoms with van der Waals surface area (Å²) in [6, 6.07) is 7.60. The third-order valence-electron chi connectivity index (χ3n) is 4.38. The summed E-state index contributed by atoms with van der Waals surface area (Å²) in [5, 5.41) is 8.25. The molecule has 0 atom stereocenters. The van der Waals surface area contributed by atoms with Crippen LogP contribution in [0.2, 0.25) is 0 Å². The SMILES string of the molecule is CC(=O)Oc1c(/C=N/N=C(\N)c2ccncc2)cc(C(C)(C)C)cc1C(C)(C)C. The molecule has 0 saturated heterocycles. The highest BCUT2D eigenvalue weighted by Crippen LogP contribution is 2.38. The van der Waals surface area contributed by atoms with Crippen LogP contribution in [-0.4, -0.2) is 23.0 Å². The topological polar surface area (TPSA) is 89.9 Å². The molecule has 1 aromatic carbocycles. The van der Waals surface area contributed by atoms with Crippen molar-refractivity contribution < 1.29 is 9.53 Å². The predicted molar refractivity (Wildman–Crippen MR) is 118 cm³/mol. The first-order valence-corrected chi connectivity index (χ1v) is 9.54. The molecule has 0 aliphatic heterocycles. The van der Waals surface area contributed by atoms with Gasteiger partial charge in [0.05, 0.1) is 6.21 Å². The molecule has 0 amide bonds. The summed E-state index contributed by atoms with van der Waals surface area (Å²) < 4.78 is 5.59.